The van der Waals surface area contributed by atoms with Crippen molar-refractivity contribution in [3.05, 3.63) is 75.8 Å². The van der Waals surface area contributed by atoms with Crippen LogP contribution >= 0.6 is 11.6 Å². The number of hydrogen-bond donors (Lipinski definition) is 0. The number of halogens is 1. The molecule has 45 heavy (non-hydrogen) atoms. The summed E-state index contributed by atoms with van der Waals surface area (Å²) >= 11 is 6.51. The molecule has 9 heteroatoms. The lowest BCUT2D eigenvalue weighted by Gasteiger charge is -2.37. The van der Waals surface area contributed by atoms with Crippen LogP contribution in [-0.4, -0.2) is 67.0 Å². The van der Waals surface area contributed by atoms with Crippen molar-refractivity contribution in [1.82, 2.24) is 9.80 Å². The Balaban J connectivity index is 1.55. The van der Waals surface area contributed by atoms with E-state index in [0.717, 1.165) is 63.3 Å². The number of likely N-dealkylation sites (tertiary alicyclic amines) is 1. The number of ether oxygens (including phenoxy) is 2. The highest BCUT2D eigenvalue weighted by atomic mass is 35.5. The van der Waals surface area contributed by atoms with Gasteiger partial charge in [0.2, 0.25) is 5.91 Å². The molecular formula is C36H43ClN4O4. The van der Waals surface area contributed by atoms with E-state index in [4.69, 9.17) is 26.1 Å². The number of carbonyl (C=O) groups excluding carboxylic acids is 2. The molecule has 2 aliphatic rings. The van der Waals surface area contributed by atoms with Crippen LogP contribution in [0.5, 0.6) is 5.75 Å². The van der Waals surface area contributed by atoms with Gasteiger partial charge in [-0.15, -0.1) is 0 Å². The Kier molecular flexibility index (Phi) is 9.17. The summed E-state index contributed by atoms with van der Waals surface area (Å²) in [5.74, 6) is 0.661. The molecule has 5 rings (SSSR count). The number of nitrogens with zero attached hydrogens (tertiary/aromatic N) is 4. The van der Waals surface area contributed by atoms with Crippen LogP contribution in [0, 0.1) is 20.8 Å². The third-order valence-corrected chi connectivity index (χ3v) is 8.65. The van der Waals surface area contributed by atoms with Crippen molar-refractivity contribution in [3.8, 4) is 16.9 Å². The topological polar surface area (TPSA) is 74.7 Å². The van der Waals surface area contributed by atoms with E-state index in [-0.39, 0.29) is 18.0 Å². The number of carbonyl (C=O) groups is 2. The SMILES string of the molecule is COc1ccc(C)c(-c2cc3c(cc2C)N=CN(c2cc(C)cc(Cl)c2)C3C(=O)N(C)C[C@@H]2CCCN2C(=O)OC(C)(C)C)c1. The standard InChI is InChI=1S/C36H43ClN4O4/c1-22-14-25(37)17-27(15-22)41-21-38-32-16-24(3)30(29-18-28(44-8)12-11-23(29)2)19-31(32)33(41)34(42)39(7)20-26-10-9-13-40(26)35(43)45-36(4,5)6/h11-12,14-19,21,26,33H,9-10,13,20H2,1-8H3/t26-,33?/m0/s1. The van der Waals surface area contributed by atoms with Crippen LogP contribution in [0.3, 0.4) is 0 Å². The first-order valence-electron chi connectivity index (χ1n) is 15.4. The second kappa shape index (κ2) is 12.8. The van der Waals surface area contributed by atoms with Crippen LogP contribution in [0.1, 0.15) is 61.9 Å². The van der Waals surface area contributed by atoms with Gasteiger partial charge in [-0.25, -0.2) is 9.79 Å². The fraction of sp³-hybridized carbons (Fsp3) is 0.417. The van der Waals surface area contributed by atoms with Gasteiger partial charge in [-0.05, 0) is 125 Å². The van der Waals surface area contributed by atoms with Crippen molar-refractivity contribution < 1.29 is 19.1 Å². The molecule has 2 heterocycles. The molecule has 0 aliphatic carbocycles. The number of aryl methyl sites for hydroxylation is 3. The van der Waals surface area contributed by atoms with E-state index < -0.39 is 11.6 Å². The van der Waals surface area contributed by atoms with E-state index in [0.29, 0.717) is 18.1 Å². The Labute approximate surface area is 271 Å². The number of rotatable bonds is 6. The number of fused-ring (bicyclic) bond motifs is 1. The number of benzene rings is 3. The van der Waals surface area contributed by atoms with E-state index in [1.165, 1.54) is 0 Å². The first-order chi connectivity index (χ1) is 21.3. The Morgan fingerprint density at radius 3 is 2.44 bits per heavy atom. The third-order valence-electron chi connectivity index (χ3n) is 8.43. The molecular weight excluding hydrogens is 588 g/mol. The summed E-state index contributed by atoms with van der Waals surface area (Å²) in [5.41, 5.74) is 6.90. The fourth-order valence-corrected chi connectivity index (χ4v) is 6.51. The van der Waals surface area contributed by atoms with E-state index in [1.54, 1.807) is 23.2 Å². The average molecular weight is 631 g/mol. The number of amides is 2. The van der Waals surface area contributed by atoms with Crippen LogP contribution in [0.2, 0.25) is 5.02 Å². The lowest BCUT2D eigenvalue weighted by molar-refractivity contribution is -0.132. The van der Waals surface area contributed by atoms with Crippen molar-refractivity contribution in [1.29, 1.82) is 0 Å². The van der Waals surface area contributed by atoms with Gasteiger partial charge in [-0.2, -0.15) is 0 Å². The Hall–Kier alpha value is -4.04. The fourth-order valence-electron chi connectivity index (χ4n) is 6.22. The van der Waals surface area contributed by atoms with Gasteiger partial charge in [0.1, 0.15) is 17.4 Å². The van der Waals surface area contributed by atoms with Gasteiger partial charge in [0.05, 0.1) is 25.2 Å². The summed E-state index contributed by atoms with van der Waals surface area (Å²) in [6, 6.07) is 15.1. The van der Waals surface area contributed by atoms with Gasteiger partial charge in [0.25, 0.3) is 0 Å². The van der Waals surface area contributed by atoms with Gasteiger partial charge in [0.15, 0.2) is 0 Å². The lowest BCUT2D eigenvalue weighted by Crippen LogP contribution is -2.48. The predicted octanol–water partition coefficient (Wildman–Crippen LogP) is 8.02. The van der Waals surface area contributed by atoms with Crippen LogP contribution in [-0.2, 0) is 9.53 Å². The molecule has 2 amide bonds. The largest absolute Gasteiger partial charge is 0.497 e. The summed E-state index contributed by atoms with van der Waals surface area (Å²) in [6.07, 6.45) is 3.05. The van der Waals surface area contributed by atoms with Gasteiger partial charge in [0, 0.05) is 36.4 Å². The minimum Gasteiger partial charge on any atom is -0.497 e. The first-order valence-corrected chi connectivity index (χ1v) is 15.8. The maximum Gasteiger partial charge on any atom is 0.410 e. The summed E-state index contributed by atoms with van der Waals surface area (Å²) in [6.45, 7) is 12.7. The minimum atomic E-state index is -0.706. The maximum absolute atomic E-state index is 14.6. The Morgan fingerprint density at radius 1 is 1.02 bits per heavy atom. The highest BCUT2D eigenvalue weighted by molar-refractivity contribution is 6.31. The zero-order chi connectivity index (χ0) is 32.6. The van der Waals surface area contributed by atoms with Crippen LogP contribution in [0.25, 0.3) is 11.1 Å². The van der Waals surface area contributed by atoms with Crippen molar-refractivity contribution in [2.24, 2.45) is 4.99 Å². The third kappa shape index (κ3) is 6.96. The number of likely N-dealkylation sites (N-methyl/N-ethyl adjacent to an activating group) is 1. The maximum atomic E-state index is 14.6. The van der Waals surface area contributed by atoms with E-state index >= 15 is 0 Å². The molecule has 0 saturated carbocycles. The molecule has 0 radical (unpaired) electrons. The number of aliphatic imine (C=N–C) groups is 1. The molecule has 2 atom stereocenters. The van der Waals surface area contributed by atoms with Crippen molar-refractivity contribution >= 4 is 41.3 Å². The molecule has 238 valence electrons. The quantitative estimate of drug-likeness (QED) is 0.276. The molecule has 0 spiro atoms. The monoisotopic (exact) mass is 630 g/mol. The van der Waals surface area contributed by atoms with Crippen LogP contribution in [0.4, 0.5) is 16.2 Å². The van der Waals surface area contributed by atoms with Crippen molar-refractivity contribution in [3.63, 3.8) is 0 Å². The molecule has 1 unspecified atom stereocenters. The molecule has 2 aliphatic heterocycles. The average Bonchev–Trinajstić information content (AvgIpc) is 3.43. The first kappa shape index (κ1) is 32.4. The molecule has 0 aromatic heterocycles. The molecule has 1 saturated heterocycles. The molecule has 3 aromatic rings. The summed E-state index contributed by atoms with van der Waals surface area (Å²) in [4.78, 5) is 37.9. The van der Waals surface area contributed by atoms with E-state index in [1.807, 2.05) is 82.1 Å². The van der Waals surface area contributed by atoms with Gasteiger partial charge in [-0.1, -0.05) is 17.7 Å². The second-order valence-electron chi connectivity index (χ2n) is 13.1. The van der Waals surface area contributed by atoms with E-state index in [2.05, 4.69) is 19.9 Å². The number of hydrogen-bond acceptors (Lipinski definition) is 6. The van der Waals surface area contributed by atoms with Crippen molar-refractivity contribution in [2.45, 2.75) is 72.1 Å². The second-order valence-corrected chi connectivity index (χ2v) is 13.6. The smallest absolute Gasteiger partial charge is 0.410 e. The zero-order valence-electron chi connectivity index (χ0n) is 27.5. The minimum absolute atomic E-state index is 0.103. The molecule has 3 aromatic carbocycles. The highest BCUT2D eigenvalue weighted by Gasteiger charge is 2.38. The predicted molar refractivity (Wildman–Crippen MR) is 181 cm³/mol. The Morgan fingerprint density at radius 2 is 1.76 bits per heavy atom. The number of methoxy groups -OCH3 is 1. The normalized spacial score (nSPS) is 17.7. The van der Waals surface area contributed by atoms with Gasteiger partial charge >= 0.3 is 6.09 Å². The van der Waals surface area contributed by atoms with Crippen molar-refractivity contribution in [2.75, 3.05) is 32.1 Å². The van der Waals surface area contributed by atoms with Crippen LogP contribution in [0.15, 0.2) is 53.5 Å². The summed E-state index contributed by atoms with van der Waals surface area (Å²) < 4.78 is 11.2. The zero-order valence-corrected chi connectivity index (χ0v) is 28.2. The highest BCUT2D eigenvalue weighted by Crippen LogP contribution is 2.42. The molecule has 0 N–H and O–H groups in total. The molecule has 8 nitrogen and oxygen atoms in total. The lowest BCUT2D eigenvalue weighted by atomic mass is 9.90. The van der Waals surface area contributed by atoms with Gasteiger partial charge < -0.3 is 24.2 Å². The van der Waals surface area contributed by atoms with Crippen LogP contribution < -0.4 is 9.64 Å². The number of anilines is 1. The summed E-state index contributed by atoms with van der Waals surface area (Å²) in [5, 5.41) is 0.583. The van der Waals surface area contributed by atoms with Gasteiger partial charge in [-0.3, -0.25) is 4.79 Å². The molecule has 0 bridgehead atoms. The Bertz CT molecular complexity index is 1630. The van der Waals surface area contributed by atoms with E-state index in [9.17, 15) is 9.59 Å². The molecule has 1 fully saturated rings. The summed E-state index contributed by atoms with van der Waals surface area (Å²) in [7, 11) is 3.47.